The van der Waals surface area contributed by atoms with Gasteiger partial charge in [0.15, 0.2) is 0 Å². The lowest BCUT2D eigenvalue weighted by molar-refractivity contribution is -0.109. The van der Waals surface area contributed by atoms with Crippen LogP contribution in [0.1, 0.15) is 48.5 Å². The number of amides is 1. The van der Waals surface area contributed by atoms with Gasteiger partial charge in [-0.2, -0.15) is 0 Å². The van der Waals surface area contributed by atoms with Crippen molar-refractivity contribution in [3.63, 3.8) is 0 Å². The summed E-state index contributed by atoms with van der Waals surface area (Å²) in [7, 11) is 3.25. The Labute approximate surface area is 188 Å². The molecule has 1 aromatic carbocycles. The molecule has 0 aliphatic heterocycles. The van der Waals surface area contributed by atoms with Crippen molar-refractivity contribution in [1.82, 2.24) is 0 Å². The quantitative estimate of drug-likeness (QED) is 0.313. The number of nitrogens with zero attached hydrogens (tertiary/aromatic N) is 1. The number of allylic oxidation sites excluding steroid dienone is 3. The number of carbonyl (C=O) groups excluding carboxylic acids is 1. The minimum Gasteiger partial charge on any atom is -0.427 e. The van der Waals surface area contributed by atoms with Gasteiger partial charge in [0.25, 0.3) is 0 Å². The summed E-state index contributed by atoms with van der Waals surface area (Å²) in [5.41, 5.74) is 0.0399. The molecule has 0 aliphatic carbocycles. The van der Waals surface area contributed by atoms with E-state index in [1.54, 1.807) is 39.4 Å². The van der Waals surface area contributed by atoms with Crippen LogP contribution in [-0.4, -0.2) is 49.0 Å². The van der Waals surface area contributed by atoms with E-state index in [0.29, 0.717) is 0 Å². The largest absolute Gasteiger partial charge is 0.427 e. The zero-order chi connectivity index (χ0) is 23.9. The molecule has 31 heavy (non-hydrogen) atoms. The molecule has 0 aromatic heterocycles. The fourth-order valence-corrected chi connectivity index (χ4v) is 2.93. The Morgan fingerprint density at radius 2 is 1.74 bits per heavy atom. The lowest BCUT2D eigenvalue weighted by Crippen LogP contribution is -2.51. The molecule has 0 spiro atoms. The van der Waals surface area contributed by atoms with E-state index >= 15 is 0 Å². The zero-order valence-corrected chi connectivity index (χ0v) is 20.2. The van der Waals surface area contributed by atoms with Gasteiger partial charge in [0.1, 0.15) is 0 Å². The third-order valence-corrected chi connectivity index (χ3v) is 5.72. The van der Waals surface area contributed by atoms with E-state index in [1.807, 2.05) is 77.1 Å². The minimum absolute atomic E-state index is 0.371. The molecule has 1 atom stereocenters. The molecule has 1 rings (SSSR count). The number of carbonyl (C=O) groups is 1. The van der Waals surface area contributed by atoms with Gasteiger partial charge >= 0.3 is 7.48 Å². The molecule has 0 bridgehead atoms. The summed E-state index contributed by atoms with van der Waals surface area (Å²) in [6, 6.07) is 7.09. The predicted octanol–water partition coefficient (Wildman–Crippen LogP) is 3.94. The Balaban J connectivity index is 3.25. The van der Waals surface area contributed by atoms with Gasteiger partial charge in [-0.25, -0.2) is 0 Å². The SMILES string of the molecule is C=C/C=C(\C=C/C)C(N(C=O)c1ccc([B]OC(C)(C)C(C)(C)O)cc1)C(C)(C)OC. The number of benzene rings is 1. The lowest BCUT2D eigenvalue weighted by Gasteiger charge is -2.40. The molecule has 1 unspecified atom stereocenters. The molecule has 1 aromatic rings. The predicted molar refractivity (Wildman–Crippen MR) is 130 cm³/mol. The first-order chi connectivity index (χ1) is 14.3. The highest BCUT2D eigenvalue weighted by atomic mass is 16.5. The Bertz CT molecular complexity index is 789. The van der Waals surface area contributed by atoms with Gasteiger partial charge < -0.3 is 19.4 Å². The van der Waals surface area contributed by atoms with Gasteiger partial charge in [0.05, 0.1) is 22.8 Å². The van der Waals surface area contributed by atoms with Crippen LogP contribution in [0, 0.1) is 0 Å². The van der Waals surface area contributed by atoms with Crippen LogP contribution in [-0.2, 0) is 14.2 Å². The highest BCUT2D eigenvalue weighted by molar-refractivity contribution is 6.47. The van der Waals surface area contributed by atoms with Crippen molar-refractivity contribution in [2.45, 2.75) is 71.3 Å². The molecule has 0 aliphatic rings. The Morgan fingerprint density at radius 3 is 2.16 bits per heavy atom. The number of ether oxygens (including phenoxy) is 1. The van der Waals surface area contributed by atoms with Crippen molar-refractivity contribution >= 4 is 25.0 Å². The molecular weight excluding hydrogens is 389 g/mol. The number of hydrogen-bond donors (Lipinski definition) is 1. The Kier molecular flexibility index (Phi) is 9.49. The van der Waals surface area contributed by atoms with E-state index in [4.69, 9.17) is 9.39 Å². The molecule has 0 saturated heterocycles. The average molecular weight is 426 g/mol. The Hall–Kier alpha value is -2.15. The summed E-state index contributed by atoms with van der Waals surface area (Å²) in [4.78, 5) is 13.9. The van der Waals surface area contributed by atoms with Crippen molar-refractivity contribution in [3.05, 3.63) is 60.7 Å². The number of hydrogen-bond acceptors (Lipinski definition) is 4. The molecule has 0 fully saturated rings. The van der Waals surface area contributed by atoms with Crippen LogP contribution in [0.2, 0.25) is 0 Å². The fourth-order valence-electron chi connectivity index (χ4n) is 2.93. The standard InChI is InChI=1S/C25H37BNO4/c1-10-12-19(13-11-2)22(23(3,4)30-9)27(18-28)21-16-14-20(15-17-21)26-31-25(7,8)24(5,6)29/h10-18,22,29H,1H2,2-9H3/b13-11-,19-12+. The van der Waals surface area contributed by atoms with E-state index < -0.39 is 16.8 Å². The van der Waals surface area contributed by atoms with Crippen molar-refractivity contribution in [1.29, 1.82) is 0 Å². The molecule has 1 N–H and O–H groups in total. The minimum atomic E-state index is -1.00. The second-order valence-electron chi connectivity index (χ2n) is 9.02. The summed E-state index contributed by atoms with van der Waals surface area (Å²) in [6.07, 6.45) is 8.29. The topological polar surface area (TPSA) is 59.0 Å². The molecule has 0 saturated carbocycles. The van der Waals surface area contributed by atoms with E-state index in [9.17, 15) is 9.90 Å². The maximum atomic E-state index is 12.2. The van der Waals surface area contributed by atoms with Gasteiger partial charge in [-0.3, -0.25) is 4.79 Å². The number of aliphatic hydroxyl groups is 1. The van der Waals surface area contributed by atoms with Crippen molar-refractivity contribution < 1.29 is 19.3 Å². The van der Waals surface area contributed by atoms with Crippen LogP contribution in [0.15, 0.2) is 60.7 Å². The normalized spacial score (nSPS) is 14.4. The van der Waals surface area contributed by atoms with Gasteiger partial charge in [0.2, 0.25) is 6.41 Å². The third-order valence-electron chi connectivity index (χ3n) is 5.72. The zero-order valence-electron chi connectivity index (χ0n) is 20.2. The molecule has 1 amide bonds. The van der Waals surface area contributed by atoms with E-state index in [1.165, 1.54) is 0 Å². The van der Waals surface area contributed by atoms with E-state index in [-0.39, 0.29) is 6.04 Å². The van der Waals surface area contributed by atoms with Crippen LogP contribution in [0.5, 0.6) is 0 Å². The summed E-state index contributed by atoms with van der Waals surface area (Å²) in [6.45, 7) is 16.7. The van der Waals surface area contributed by atoms with Crippen molar-refractivity contribution in [2.24, 2.45) is 0 Å². The summed E-state index contributed by atoms with van der Waals surface area (Å²) in [5, 5.41) is 10.3. The first kappa shape index (κ1) is 26.9. The summed E-state index contributed by atoms with van der Waals surface area (Å²) >= 11 is 0. The maximum absolute atomic E-state index is 12.2. The molecule has 0 heterocycles. The molecule has 1 radical (unpaired) electrons. The van der Waals surface area contributed by atoms with Crippen LogP contribution in [0.4, 0.5) is 5.69 Å². The Morgan fingerprint density at radius 1 is 1.16 bits per heavy atom. The highest BCUT2D eigenvalue weighted by Crippen LogP contribution is 2.30. The fraction of sp³-hybridized carbons (Fsp3) is 0.480. The van der Waals surface area contributed by atoms with Crippen LogP contribution in [0.25, 0.3) is 0 Å². The average Bonchev–Trinajstić information content (AvgIpc) is 2.70. The summed E-state index contributed by atoms with van der Waals surface area (Å²) < 4.78 is 11.6. The molecular formula is C25H37BNO4. The van der Waals surface area contributed by atoms with Crippen molar-refractivity contribution in [2.75, 3.05) is 12.0 Å². The van der Waals surface area contributed by atoms with Gasteiger partial charge in [-0.05, 0) is 66.2 Å². The van der Waals surface area contributed by atoms with Crippen LogP contribution >= 0.6 is 0 Å². The van der Waals surface area contributed by atoms with Crippen LogP contribution in [0.3, 0.4) is 0 Å². The van der Waals surface area contributed by atoms with Gasteiger partial charge in [0, 0.05) is 12.8 Å². The molecule has 5 nitrogen and oxygen atoms in total. The van der Waals surface area contributed by atoms with Crippen LogP contribution < -0.4 is 10.4 Å². The molecule has 169 valence electrons. The highest BCUT2D eigenvalue weighted by Gasteiger charge is 2.37. The second-order valence-corrected chi connectivity index (χ2v) is 9.02. The smallest absolute Gasteiger partial charge is 0.330 e. The van der Waals surface area contributed by atoms with Gasteiger partial charge in [-0.1, -0.05) is 48.5 Å². The van der Waals surface area contributed by atoms with E-state index in [0.717, 1.165) is 23.1 Å². The third kappa shape index (κ3) is 6.92. The second kappa shape index (κ2) is 10.9. The molecule has 6 heteroatoms. The maximum Gasteiger partial charge on any atom is 0.330 e. The lowest BCUT2D eigenvalue weighted by atomic mass is 9.82. The van der Waals surface area contributed by atoms with E-state index in [2.05, 4.69) is 6.58 Å². The first-order valence-electron chi connectivity index (χ1n) is 10.4. The number of methoxy groups -OCH3 is 1. The summed E-state index contributed by atoms with van der Waals surface area (Å²) in [5.74, 6) is 0. The number of rotatable bonds is 12. The van der Waals surface area contributed by atoms with Gasteiger partial charge in [-0.15, -0.1) is 0 Å². The van der Waals surface area contributed by atoms with Crippen molar-refractivity contribution in [3.8, 4) is 0 Å². The monoisotopic (exact) mass is 426 g/mol. The number of anilines is 1. The first-order valence-corrected chi connectivity index (χ1v) is 10.4.